The summed E-state index contributed by atoms with van der Waals surface area (Å²) in [6.07, 6.45) is 0.712. The maximum atomic E-state index is 14.4. The van der Waals surface area contributed by atoms with E-state index in [9.17, 15) is 14.4 Å². The molecule has 3 aliphatic rings. The molecule has 4 atom stereocenters. The number of benzene rings is 3. The minimum absolute atomic E-state index is 0.173. The minimum atomic E-state index is -1.10. The Balaban J connectivity index is 1.52. The molecule has 7 nitrogen and oxygen atoms in total. The zero-order valence-corrected chi connectivity index (χ0v) is 21.5. The van der Waals surface area contributed by atoms with E-state index >= 15 is 0 Å². The normalized spacial score (nSPS) is 25.5. The highest BCUT2D eigenvalue weighted by molar-refractivity contribution is 6.23. The van der Waals surface area contributed by atoms with Crippen molar-refractivity contribution in [3.05, 3.63) is 100 Å². The van der Waals surface area contributed by atoms with Crippen molar-refractivity contribution in [2.45, 2.75) is 38.8 Å². The predicted octanol–water partition coefficient (Wildman–Crippen LogP) is 4.07. The van der Waals surface area contributed by atoms with E-state index in [0.717, 1.165) is 11.1 Å². The van der Waals surface area contributed by atoms with Crippen molar-refractivity contribution >= 4 is 28.4 Å². The van der Waals surface area contributed by atoms with Crippen molar-refractivity contribution in [3.8, 4) is 5.69 Å². The van der Waals surface area contributed by atoms with Gasteiger partial charge in [0, 0.05) is 11.6 Å². The van der Waals surface area contributed by atoms with Crippen LogP contribution in [0.2, 0.25) is 0 Å². The smallest absolute Gasteiger partial charge is 0.266 e. The van der Waals surface area contributed by atoms with Gasteiger partial charge in [-0.2, -0.15) is 0 Å². The van der Waals surface area contributed by atoms with E-state index in [1.54, 1.807) is 10.6 Å². The van der Waals surface area contributed by atoms with E-state index in [0.29, 0.717) is 40.4 Å². The SMILES string of the molecule is Cc1ccc(N2C(=O)[C@@H]3[C@H](CC(C)C)N[C@@]4(c5ccccc5-n5c4nc4ccccc4c5=O)[C@H]3C2=O)cc1. The molecule has 190 valence electrons. The largest absolute Gasteiger partial charge is 0.297 e. The fourth-order valence-electron chi connectivity index (χ4n) is 6.88. The topological polar surface area (TPSA) is 84.3 Å². The molecule has 0 bridgehead atoms. The maximum absolute atomic E-state index is 14.4. The number of nitrogens with zero attached hydrogens (tertiary/aromatic N) is 3. The molecule has 1 aromatic heterocycles. The van der Waals surface area contributed by atoms with Crippen LogP contribution in [-0.4, -0.2) is 27.4 Å². The van der Waals surface area contributed by atoms with Gasteiger partial charge >= 0.3 is 0 Å². The van der Waals surface area contributed by atoms with Crippen molar-refractivity contribution in [2.24, 2.45) is 17.8 Å². The Hall–Kier alpha value is -4.10. The van der Waals surface area contributed by atoms with Crippen LogP contribution >= 0.6 is 0 Å². The van der Waals surface area contributed by atoms with Crippen molar-refractivity contribution < 1.29 is 9.59 Å². The van der Waals surface area contributed by atoms with Gasteiger partial charge in [0.1, 0.15) is 11.4 Å². The second kappa shape index (κ2) is 7.95. The summed E-state index contributed by atoms with van der Waals surface area (Å²) in [7, 11) is 0. The van der Waals surface area contributed by atoms with Crippen LogP contribution in [0.3, 0.4) is 0 Å². The number of hydrogen-bond donors (Lipinski definition) is 1. The molecule has 1 spiro atoms. The van der Waals surface area contributed by atoms with Gasteiger partial charge in [-0.05, 0) is 49.6 Å². The average Bonchev–Trinajstić information content (AvgIpc) is 3.48. The monoisotopic (exact) mass is 504 g/mol. The third kappa shape index (κ3) is 2.88. The molecule has 2 amide bonds. The molecule has 2 fully saturated rings. The lowest BCUT2D eigenvalue weighted by Gasteiger charge is -2.32. The van der Waals surface area contributed by atoms with Crippen LogP contribution < -0.4 is 15.8 Å². The molecule has 38 heavy (non-hydrogen) atoms. The van der Waals surface area contributed by atoms with E-state index in [-0.39, 0.29) is 23.4 Å². The molecule has 4 heterocycles. The Bertz CT molecular complexity index is 1710. The fraction of sp³-hybridized carbons (Fsp3) is 0.290. The number of imide groups is 1. The number of rotatable bonds is 3. The molecule has 0 saturated carbocycles. The summed E-state index contributed by atoms with van der Waals surface area (Å²) in [5.41, 5.74) is 2.45. The second-order valence-corrected chi connectivity index (χ2v) is 11.1. The summed E-state index contributed by atoms with van der Waals surface area (Å²) in [5.74, 6) is -0.984. The standard InChI is InChI=1S/C31H28N4O3/c1-17(2)16-23-25-26(29(38)34(28(25)37)19-14-12-18(3)13-15-19)31(33-23)21-9-5-7-11-24(21)35-27(36)20-8-4-6-10-22(20)32-30(31)35/h4-15,17,23,25-26,33H,16H2,1-3H3/t23-,25+,26+,31-/m0/s1. The van der Waals surface area contributed by atoms with E-state index in [1.165, 1.54) is 4.90 Å². The lowest BCUT2D eigenvalue weighted by atomic mass is 9.75. The molecule has 0 aliphatic carbocycles. The summed E-state index contributed by atoms with van der Waals surface area (Å²) in [5, 5.41) is 4.28. The van der Waals surface area contributed by atoms with Crippen molar-refractivity contribution in [2.75, 3.05) is 4.90 Å². The molecule has 0 unspecified atom stereocenters. The number of anilines is 1. The number of carbonyl (C=O) groups is 2. The summed E-state index contributed by atoms with van der Waals surface area (Å²) in [4.78, 5) is 48.7. The van der Waals surface area contributed by atoms with Crippen LogP contribution in [0.1, 0.15) is 37.2 Å². The average molecular weight is 505 g/mol. The van der Waals surface area contributed by atoms with Gasteiger partial charge in [0.25, 0.3) is 5.56 Å². The summed E-state index contributed by atoms with van der Waals surface area (Å²) >= 11 is 0. The van der Waals surface area contributed by atoms with Crippen LogP contribution in [0.5, 0.6) is 0 Å². The number of amides is 2. The molecule has 3 aromatic carbocycles. The maximum Gasteiger partial charge on any atom is 0.266 e. The number of para-hydroxylation sites is 2. The van der Waals surface area contributed by atoms with Gasteiger partial charge in [0.15, 0.2) is 0 Å². The van der Waals surface area contributed by atoms with Crippen LogP contribution in [0, 0.1) is 24.7 Å². The van der Waals surface area contributed by atoms with Gasteiger partial charge in [-0.25, -0.2) is 9.88 Å². The Morgan fingerprint density at radius 2 is 1.63 bits per heavy atom. The molecule has 1 N–H and O–H groups in total. The van der Waals surface area contributed by atoms with Crippen molar-refractivity contribution in [1.29, 1.82) is 0 Å². The molecular weight excluding hydrogens is 476 g/mol. The second-order valence-electron chi connectivity index (χ2n) is 11.1. The van der Waals surface area contributed by atoms with E-state index in [4.69, 9.17) is 4.98 Å². The van der Waals surface area contributed by atoms with Gasteiger partial charge in [0.05, 0.1) is 34.1 Å². The minimum Gasteiger partial charge on any atom is -0.297 e. The molecule has 4 aromatic rings. The molecule has 2 saturated heterocycles. The first kappa shape index (κ1) is 23.0. The van der Waals surface area contributed by atoms with E-state index < -0.39 is 17.4 Å². The summed E-state index contributed by atoms with van der Waals surface area (Å²) in [6.45, 7) is 6.21. The number of nitrogens with one attached hydrogen (secondary N) is 1. The Labute approximate surface area is 220 Å². The van der Waals surface area contributed by atoms with E-state index in [1.807, 2.05) is 73.7 Å². The van der Waals surface area contributed by atoms with Gasteiger partial charge in [-0.3, -0.25) is 24.3 Å². The van der Waals surface area contributed by atoms with Crippen LogP contribution in [0.15, 0.2) is 77.6 Å². The zero-order chi connectivity index (χ0) is 26.3. The highest BCUT2D eigenvalue weighted by atomic mass is 16.2. The van der Waals surface area contributed by atoms with Crippen molar-refractivity contribution in [1.82, 2.24) is 14.9 Å². The highest BCUT2D eigenvalue weighted by Gasteiger charge is 2.69. The summed E-state index contributed by atoms with van der Waals surface area (Å²) < 4.78 is 1.64. The number of hydrogen-bond acceptors (Lipinski definition) is 5. The third-order valence-corrected chi connectivity index (χ3v) is 8.38. The predicted molar refractivity (Wildman–Crippen MR) is 145 cm³/mol. The quantitative estimate of drug-likeness (QED) is 0.425. The first-order chi connectivity index (χ1) is 18.3. The third-order valence-electron chi connectivity index (χ3n) is 8.38. The first-order valence-corrected chi connectivity index (χ1v) is 13.2. The Morgan fingerprint density at radius 3 is 2.39 bits per heavy atom. The number of carbonyl (C=O) groups excluding carboxylic acids is 2. The molecular formula is C31H28N4O3. The van der Waals surface area contributed by atoms with Gasteiger partial charge < -0.3 is 0 Å². The number of aryl methyl sites for hydroxylation is 1. The molecule has 7 heteroatoms. The fourth-order valence-corrected chi connectivity index (χ4v) is 6.88. The molecule has 7 rings (SSSR count). The van der Waals surface area contributed by atoms with Gasteiger partial charge in [0.2, 0.25) is 11.8 Å². The zero-order valence-electron chi connectivity index (χ0n) is 21.5. The Kier molecular flexibility index (Phi) is 4.82. The van der Waals surface area contributed by atoms with Gasteiger partial charge in [-0.15, -0.1) is 0 Å². The van der Waals surface area contributed by atoms with Crippen LogP contribution in [0.25, 0.3) is 16.6 Å². The van der Waals surface area contributed by atoms with Crippen molar-refractivity contribution in [3.63, 3.8) is 0 Å². The molecule has 0 radical (unpaired) electrons. The van der Waals surface area contributed by atoms with Crippen LogP contribution in [-0.2, 0) is 15.1 Å². The number of aromatic nitrogens is 2. The van der Waals surface area contributed by atoms with Crippen LogP contribution in [0.4, 0.5) is 5.69 Å². The lowest BCUT2D eigenvalue weighted by molar-refractivity contribution is -0.123. The summed E-state index contributed by atoms with van der Waals surface area (Å²) in [6, 6.07) is 22.2. The lowest BCUT2D eigenvalue weighted by Crippen LogP contribution is -2.50. The highest BCUT2D eigenvalue weighted by Crippen LogP contribution is 2.56. The number of fused-ring (bicyclic) bond motifs is 8. The first-order valence-electron chi connectivity index (χ1n) is 13.2. The van der Waals surface area contributed by atoms with Gasteiger partial charge in [-0.1, -0.05) is 61.9 Å². The Morgan fingerprint density at radius 1 is 0.921 bits per heavy atom. The molecule has 3 aliphatic heterocycles. The van der Waals surface area contributed by atoms with E-state index in [2.05, 4.69) is 19.2 Å².